The molecule has 8 heteroatoms. The van der Waals surface area contributed by atoms with E-state index in [-0.39, 0.29) is 5.82 Å². The molecule has 8 nitrogen and oxygen atoms in total. The number of hydrogen-bond donors (Lipinski definition) is 2. The summed E-state index contributed by atoms with van der Waals surface area (Å²) in [5, 5.41) is 2.55. The Balaban J connectivity index is 1.96. The number of rotatable bonds is 4. The summed E-state index contributed by atoms with van der Waals surface area (Å²) >= 11 is 0. The normalized spacial score (nSPS) is 10.3. The van der Waals surface area contributed by atoms with E-state index < -0.39 is 18.1 Å². The number of esters is 1. The molecule has 1 heterocycles. The molecule has 2 N–H and O–H groups in total. The zero-order valence-corrected chi connectivity index (χ0v) is 13.0. The first-order valence-electron chi connectivity index (χ1n) is 7.25. The smallest absolute Gasteiger partial charge is 0.370 e. The van der Waals surface area contributed by atoms with Crippen LogP contribution < -0.4 is 5.32 Å². The molecule has 1 aromatic heterocycles. The van der Waals surface area contributed by atoms with Crippen molar-refractivity contribution in [1.29, 1.82) is 0 Å². The van der Waals surface area contributed by atoms with Crippen LogP contribution in [0.25, 0.3) is 11.0 Å². The Hall–Kier alpha value is -2.90. The van der Waals surface area contributed by atoms with Crippen LogP contribution in [-0.2, 0) is 4.74 Å². The van der Waals surface area contributed by atoms with Crippen LogP contribution in [0.3, 0.4) is 0 Å². The van der Waals surface area contributed by atoms with E-state index in [4.69, 9.17) is 0 Å². The van der Waals surface area contributed by atoms with Gasteiger partial charge in [0, 0.05) is 13.6 Å². The SMILES string of the molecule is CCCCNC(=O)N(C)C(=O)OC(=O)c1nc2ccccc2[nH]1. The van der Waals surface area contributed by atoms with Crippen molar-refractivity contribution < 1.29 is 19.1 Å². The Morgan fingerprint density at radius 3 is 2.74 bits per heavy atom. The van der Waals surface area contributed by atoms with E-state index in [9.17, 15) is 14.4 Å². The first-order chi connectivity index (χ1) is 11.0. The van der Waals surface area contributed by atoms with E-state index in [1.54, 1.807) is 24.3 Å². The molecule has 0 unspecified atom stereocenters. The third-order valence-corrected chi connectivity index (χ3v) is 3.15. The van der Waals surface area contributed by atoms with Gasteiger partial charge >= 0.3 is 18.1 Å². The zero-order valence-electron chi connectivity index (χ0n) is 13.0. The number of hydrogen-bond acceptors (Lipinski definition) is 5. The maximum Gasteiger partial charge on any atom is 0.425 e. The molecular weight excluding hydrogens is 300 g/mol. The molecule has 2 aromatic rings. The first kappa shape index (κ1) is 16.5. The molecule has 0 atom stereocenters. The number of ether oxygens (including phenoxy) is 1. The number of nitrogens with zero attached hydrogens (tertiary/aromatic N) is 2. The number of benzene rings is 1. The molecule has 122 valence electrons. The fourth-order valence-electron chi connectivity index (χ4n) is 1.82. The Kier molecular flexibility index (Phi) is 5.29. The number of aromatic amines is 1. The van der Waals surface area contributed by atoms with Crippen LogP contribution in [0.2, 0.25) is 0 Å². The van der Waals surface area contributed by atoms with Crippen LogP contribution in [-0.4, -0.2) is 46.6 Å². The quantitative estimate of drug-likeness (QED) is 0.511. The number of para-hydroxylation sites is 2. The molecule has 0 spiro atoms. The van der Waals surface area contributed by atoms with Gasteiger partial charge in [-0.05, 0) is 18.6 Å². The van der Waals surface area contributed by atoms with Crippen LogP contribution in [0.1, 0.15) is 30.4 Å². The summed E-state index contributed by atoms with van der Waals surface area (Å²) in [5.74, 6) is -1.04. The van der Waals surface area contributed by atoms with Gasteiger partial charge in [0.1, 0.15) is 0 Å². The molecule has 0 fully saturated rings. The van der Waals surface area contributed by atoms with Gasteiger partial charge in [-0.15, -0.1) is 0 Å². The minimum atomic E-state index is -1.07. The summed E-state index contributed by atoms with van der Waals surface area (Å²) in [4.78, 5) is 42.9. The monoisotopic (exact) mass is 318 g/mol. The van der Waals surface area contributed by atoms with Gasteiger partial charge < -0.3 is 15.0 Å². The molecule has 0 aliphatic carbocycles. The highest BCUT2D eigenvalue weighted by Crippen LogP contribution is 2.11. The van der Waals surface area contributed by atoms with Gasteiger partial charge in [-0.3, -0.25) is 0 Å². The molecule has 3 amide bonds. The molecule has 0 aliphatic heterocycles. The number of unbranched alkanes of at least 4 members (excludes halogenated alkanes) is 1. The lowest BCUT2D eigenvalue weighted by molar-refractivity contribution is 0.0567. The summed E-state index contributed by atoms with van der Waals surface area (Å²) in [6.07, 6.45) is 0.648. The highest BCUT2D eigenvalue weighted by molar-refractivity contribution is 6.00. The van der Waals surface area contributed by atoms with E-state index in [0.29, 0.717) is 22.5 Å². The lowest BCUT2D eigenvalue weighted by atomic mass is 10.3. The van der Waals surface area contributed by atoms with Gasteiger partial charge in [0.2, 0.25) is 5.82 Å². The Bertz CT molecular complexity index is 692. The summed E-state index contributed by atoms with van der Waals surface area (Å²) < 4.78 is 4.65. The van der Waals surface area contributed by atoms with Crippen molar-refractivity contribution in [2.75, 3.05) is 13.6 Å². The van der Waals surface area contributed by atoms with E-state index in [2.05, 4.69) is 20.0 Å². The van der Waals surface area contributed by atoms with Crippen molar-refractivity contribution in [2.24, 2.45) is 0 Å². The van der Waals surface area contributed by atoms with E-state index in [0.717, 1.165) is 12.8 Å². The van der Waals surface area contributed by atoms with Gasteiger partial charge in [-0.1, -0.05) is 25.5 Å². The van der Waals surface area contributed by atoms with Crippen molar-refractivity contribution in [2.45, 2.75) is 19.8 Å². The number of aromatic nitrogens is 2. The second-order valence-corrected chi connectivity index (χ2v) is 4.90. The number of amides is 3. The van der Waals surface area contributed by atoms with Crippen molar-refractivity contribution in [3.05, 3.63) is 30.1 Å². The number of urea groups is 1. The lowest BCUT2D eigenvalue weighted by Gasteiger charge is -2.14. The molecule has 1 aromatic carbocycles. The molecule has 23 heavy (non-hydrogen) atoms. The van der Waals surface area contributed by atoms with Crippen molar-refractivity contribution >= 4 is 29.1 Å². The fourth-order valence-corrected chi connectivity index (χ4v) is 1.82. The average Bonchev–Trinajstić information content (AvgIpc) is 2.98. The van der Waals surface area contributed by atoms with Crippen molar-refractivity contribution in [3.63, 3.8) is 0 Å². The van der Waals surface area contributed by atoms with Gasteiger partial charge in [0.15, 0.2) is 0 Å². The molecule has 2 rings (SSSR count). The fraction of sp³-hybridized carbons (Fsp3) is 0.333. The minimum Gasteiger partial charge on any atom is -0.370 e. The van der Waals surface area contributed by atoms with E-state index >= 15 is 0 Å². The molecule has 0 bridgehead atoms. The Morgan fingerprint density at radius 2 is 2.04 bits per heavy atom. The topological polar surface area (TPSA) is 104 Å². The lowest BCUT2D eigenvalue weighted by Crippen LogP contribution is -2.42. The Morgan fingerprint density at radius 1 is 1.30 bits per heavy atom. The van der Waals surface area contributed by atoms with Crippen LogP contribution >= 0.6 is 0 Å². The summed E-state index contributed by atoms with van der Waals surface area (Å²) in [6.45, 7) is 2.43. The van der Waals surface area contributed by atoms with Gasteiger partial charge in [0.05, 0.1) is 11.0 Å². The van der Waals surface area contributed by atoms with Gasteiger partial charge in [0.25, 0.3) is 0 Å². The van der Waals surface area contributed by atoms with E-state index in [1.165, 1.54) is 7.05 Å². The highest BCUT2D eigenvalue weighted by atomic mass is 16.6. The summed E-state index contributed by atoms with van der Waals surface area (Å²) in [5.41, 5.74) is 1.23. The number of H-pyrrole nitrogens is 1. The number of carbonyl (C=O) groups is 3. The first-order valence-corrected chi connectivity index (χ1v) is 7.25. The standard InChI is InChI=1S/C15H18N4O4/c1-3-4-9-16-14(21)19(2)15(22)23-13(20)12-17-10-7-5-6-8-11(10)18-12/h5-8H,3-4,9H2,1-2H3,(H,16,21)(H,17,18). The number of fused-ring (bicyclic) bond motifs is 1. The van der Waals surface area contributed by atoms with Crippen molar-refractivity contribution in [3.8, 4) is 0 Å². The number of nitrogens with one attached hydrogen (secondary N) is 2. The molecular formula is C15H18N4O4. The zero-order chi connectivity index (χ0) is 16.8. The largest absolute Gasteiger partial charge is 0.425 e. The maximum atomic E-state index is 11.9. The van der Waals surface area contributed by atoms with Gasteiger partial charge in [-0.2, -0.15) is 0 Å². The average molecular weight is 318 g/mol. The van der Waals surface area contributed by atoms with Crippen molar-refractivity contribution in [1.82, 2.24) is 20.2 Å². The highest BCUT2D eigenvalue weighted by Gasteiger charge is 2.23. The second kappa shape index (κ2) is 7.39. The summed E-state index contributed by atoms with van der Waals surface area (Å²) in [6, 6.07) is 6.40. The third-order valence-electron chi connectivity index (χ3n) is 3.15. The van der Waals surface area contributed by atoms with Gasteiger partial charge in [-0.25, -0.2) is 24.3 Å². The molecule has 0 saturated heterocycles. The predicted molar refractivity (Wildman–Crippen MR) is 83.0 cm³/mol. The van der Waals surface area contributed by atoms with Crippen LogP contribution in [0.15, 0.2) is 24.3 Å². The number of carbonyl (C=O) groups excluding carboxylic acids is 3. The minimum absolute atomic E-state index is 0.0978. The maximum absolute atomic E-state index is 11.9. The second-order valence-electron chi connectivity index (χ2n) is 4.90. The summed E-state index contributed by atoms with van der Waals surface area (Å²) in [7, 11) is 1.23. The van der Waals surface area contributed by atoms with Crippen LogP contribution in [0.4, 0.5) is 9.59 Å². The Labute approximate surface area is 132 Å². The number of imidazole rings is 1. The molecule has 0 radical (unpaired) electrons. The predicted octanol–water partition coefficient (Wildman–Crippen LogP) is 2.28. The third kappa shape index (κ3) is 4.06. The number of imide groups is 1. The molecule has 0 saturated carbocycles. The van der Waals surface area contributed by atoms with Crippen LogP contribution in [0, 0.1) is 0 Å². The molecule has 0 aliphatic rings. The van der Waals surface area contributed by atoms with Crippen LogP contribution in [0.5, 0.6) is 0 Å². The van der Waals surface area contributed by atoms with E-state index in [1.807, 2.05) is 6.92 Å².